The zero-order chi connectivity index (χ0) is 26.6. The van der Waals surface area contributed by atoms with Crippen molar-refractivity contribution in [3.8, 4) is 5.75 Å². The molecule has 9 nitrogen and oxygen atoms in total. The lowest BCUT2D eigenvalue weighted by Crippen LogP contribution is -2.54. The van der Waals surface area contributed by atoms with Crippen molar-refractivity contribution in [1.82, 2.24) is 25.5 Å². The van der Waals surface area contributed by atoms with Gasteiger partial charge in [-0.1, -0.05) is 42.5 Å². The Hall–Kier alpha value is -3.53. The van der Waals surface area contributed by atoms with Crippen LogP contribution >= 0.6 is 0 Å². The van der Waals surface area contributed by atoms with Crippen molar-refractivity contribution in [1.29, 1.82) is 0 Å². The fraction of sp³-hybridized carbons (Fsp3) is 0.414. The van der Waals surface area contributed by atoms with Crippen molar-refractivity contribution in [2.45, 2.75) is 32.5 Å². The second-order valence-corrected chi connectivity index (χ2v) is 9.91. The Balaban J connectivity index is 1.57. The average molecular weight is 519 g/mol. The zero-order valence-corrected chi connectivity index (χ0v) is 22.3. The molecule has 0 aliphatic carbocycles. The third-order valence-corrected chi connectivity index (χ3v) is 7.59. The summed E-state index contributed by atoms with van der Waals surface area (Å²) < 4.78 is 12.3. The van der Waals surface area contributed by atoms with Crippen LogP contribution in [0.2, 0.25) is 0 Å². The first kappa shape index (κ1) is 26.1. The van der Waals surface area contributed by atoms with Crippen LogP contribution in [0, 0.1) is 12.1 Å². The Bertz CT molecular complexity index is 1220. The van der Waals surface area contributed by atoms with E-state index >= 15 is 0 Å². The van der Waals surface area contributed by atoms with Crippen LogP contribution in [0.5, 0.6) is 5.75 Å². The number of nitrogens with zero attached hydrogens (tertiary/aromatic N) is 3. The maximum Gasteiger partial charge on any atom is 0.219 e. The largest absolute Gasteiger partial charge is 0.758 e. The van der Waals surface area contributed by atoms with Gasteiger partial charge in [0.2, 0.25) is 5.91 Å². The lowest BCUT2D eigenvalue weighted by molar-refractivity contribution is -0.132. The number of carbonyl (C=O) groups excluding carboxylic acids is 1. The van der Waals surface area contributed by atoms with Gasteiger partial charge >= 0.3 is 0 Å². The normalized spacial score (nSPS) is 23.8. The molecule has 2 unspecified atom stereocenters. The van der Waals surface area contributed by atoms with Gasteiger partial charge in [0, 0.05) is 50.9 Å². The predicted octanol–water partition coefficient (Wildman–Crippen LogP) is 2.64. The molecular weight excluding hydrogens is 482 g/mol. The minimum atomic E-state index is -0.511. The summed E-state index contributed by atoms with van der Waals surface area (Å²) in [6.45, 7) is 7.28. The summed E-state index contributed by atoms with van der Waals surface area (Å²) in [4.78, 5) is 15.9. The van der Waals surface area contributed by atoms with Crippen LogP contribution in [0.15, 0.2) is 66.1 Å². The van der Waals surface area contributed by atoms with Crippen molar-refractivity contribution in [3.05, 3.63) is 88.0 Å². The van der Waals surface area contributed by atoms with Crippen LogP contribution in [-0.2, 0) is 16.0 Å². The van der Waals surface area contributed by atoms with Crippen molar-refractivity contribution in [2.75, 3.05) is 46.5 Å². The molecular formula is C29H36N5O4-. The Labute approximate surface area is 224 Å². The van der Waals surface area contributed by atoms with Crippen molar-refractivity contribution in [3.63, 3.8) is 0 Å². The second-order valence-electron chi connectivity index (χ2n) is 9.91. The summed E-state index contributed by atoms with van der Waals surface area (Å²) in [6, 6.07) is 15.3. The molecule has 0 saturated carbocycles. The van der Waals surface area contributed by atoms with Gasteiger partial charge in [0.1, 0.15) is 5.75 Å². The lowest BCUT2D eigenvalue weighted by Gasteiger charge is -2.47. The molecule has 1 saturated heterocycles. The van der Waals surface area contributed by atoms with E-state index in [1.165, 1.54) is 0 Å². The van der Waals surface area contributed by atoms with E-state index in [0.29, 0.717) is 57.4 Å². The molecule has 0 bridgehead atoms. The molecule has 9 heteroatoms. The van der Waals surface area contributed by atoms with E-state index in [1.54, 1.807) is 14.0 Å². The van der Waals surface area contributed by atoms with Crippen LogP contribution in [0.1, 0.15) is 23.6 Å². The smallest absolute Gasteiger partial charge is 0.219 e. The number of amides is 1. The van der Waals surface area contributed by atoms with Crippen molar-refractivity contribution < 1.29 is 14.3 Å². The first-order valence-electron chi connectivity index (χ1n) is 13.2. The Morgan fingerprint density at radius 3 is 2.58 bits per heavy atom. The number of hydroxylamine groups is 2. The fourth-order valence-electron chi connectivity index (χ4n) is 5.42. The molecule has 2 aromatic carbocycles. The molecule has 5 rings (SSSR count). The number of hydrogen-bond acceptors (Lipinski definition) is 8. The first-order valence-corrected chi connectivity index (χ1v) is 13.2. The number of rotatable bonds is 5. The minimum absolute atomic E-state index is 0.0781. The van der Waals surface area contributed by atoms with Gasteiger partial charge in [-0.25, -0.2) is 0 Å². The molecule has 3 aliphatic heterocycles. The standard InChI is InChI=1S/C29H36N5O4/c1-20-8-4-6-10-23(20)26-17-28(33-14-12-32(13-15-33)21(2)35)38-29-24(18-30-19-31-29)25(34(26)36)16-22-9-5-7-11-27(22)37-3/h4-11,17,25,28,30-31H,12-16,18-19H2,1-3H3/q-1/b26-17-. The number of hydrogen-bond donors (Lipinski definition) is 2. The van der Waals surface area contributed by atoms with E-state index in [4.69, 9.17) is 9.47 Å². The summed E-state index contributed by atoms with van der Waals surface area (Å²) in [5.41, 5.74) is 4.32. The van der Waals surface area contributed by atoms with E-state index in [9.17, 15) is 10.0 Å². The number of carbonyl (C=O) groups is 1. The number of piperazine rings is 1. The monoisotopic (exact) mass is 518 g/mol. The Kier molecular flexibility index (Phi) is 7.87. The molecule has 2 aromatic rings. The third-order valence-electron chi connectivity index (χ3n) is 7.59. The molecule has 2 atom stereocenters. The fourth-order valence-corrected chi connectivity index (χ4v) is 5.42. The highest BCUT2D eigenvalue weighted by Gasteiger charge is 2.33. The van der Waals surface area contributed by atoms with Crippen LogP contribution in [-0.4, -0.2) is 79.5 Å². The lowest BCUT2D eigenvalue weighted by atomic mass is 9.94. The van der Waals surface area contributed by atoms with E-state index in [-0.39, 0.29) is 5.91 Å². The number of ether oxygens (including phenoxy) is 2. The maximum atomic E-state index is 14.5. The van der Waals surface area contributed by atoms with Crippen LogP contribution in [0.3, 0.4) is 0 Å². The summed E-state index contributed by atoms with van der Waals surface area (Å²) >= 11 is 0. The van der Waals surface area contributed by atoms with E-state index in [0.717, 1.165) is 33.1 Å². The topological polar surface area (TPSA) is 92.4 Å². The number of aryl methyl sites for hydroxylation is 1. The average Bonchev–Trinajstić information content (AvgIpc) is 2.94. The first-order chi connectivity index (χ1) is 18.5. The highest BCUT2D eigenvalue weighted by Crippen LogP contribution is 2.34. The SMILES string of the molecule is COc1ccccc1CC1C2=C(NCNC2)OC(N2CCN(C(C)=O)CC2)/C=C(/c2ccccc2C)N1[O-]. The third kappa shape index (κ3) is 5.36. The number of methoxy groups -OCH3 is 1. The summed E-state index contributed by atoms with van der Waals surface area (Å²) in [6.07, 6.45) is 1.95. The van der Waals surface area contributed by atoms with E-state index in [1.807, 2.05) is 66.4 Å². The molecule has 2 N–H and O–H groups in total. The molecule has 3 aliphatic rings. The Morgan fingerprint density at radius 2 is 1.84 bits per heavy atom. The number of benzene rings is 2. The van der Waals surface area contributed by atoms with Gasteiger partial charge in [0.15, 0.2) is 12.1 Å². The maximum absolute atomic E-state index is 14.5. The molecule has 3 heterocycles. The summed E-state index contributed by atoms with van der Waals surface area (Å²) in [5.74, 6) is 1.48. The van der Waals surface area contributed by atoms with Gasteiger partial charge in [-0.05, 0) is 42.2 Å². The zero-order valence-electron chi connectivity index (χ0n) is 22.3. The summed E-state index contributed by atoms with van der Waals surface area (Å²) in [5, 5.41) is 22.3. The molecule has 0 spiro atoms. The van der Waals surface area contributed by atoms with Gasteiger partial charge in [-0.15, -0.1) is 0 Å². The van der Waals surface area contributed by atoms with Crippen LogP contribution in [0.25, 0.3) is 5.70 Å². The summed E-state index contributed by atoms with van der Waals surface area (Å²) in [7, 11) is 1.65. The number of para-hydroxylation sites is 1. The van der Waals surface area contributed by atoms with Gasteiger partial charge in [-0.3, -0.25) is 15.0 Å². The van der Waals surface area contributed by atoms with Crippen molar-refractivity contribution >= 4 is 11.6 Å². The highest BCUT2D eigenvalue weighted by atomic mass is 16.5. The molecule has 0 radical (unpaired) electrons. The number of nitrogens with one attached hydrogen (secondary N) is 2. The minimum Gasteiger partial charge on any atom is -0.758 e. The van der Waals surface area contributed by atoms with Gasteiger partial charge in [0.25, 0.3) is 0 Å². The second kappa shape index (κ2) is 11.5. The Morgan fingerprint density at radius 1 is 1.11 bits per heavy atom. The van der Waals surface area contributed by atoms with Crippen LogP contribution in [0.4, 0.5) is 0 Å². The van der Waals surface area contributed by atoms with Gasteiger partial charge < -0.3 is 30.0 Å². The molecule has 1 amide bonds. The highest BCUT2D eigenvalue weighted by molar-refractivity contribution is 5.73. The molecule has 202 valence electrons. The molecule has 0 aromatic heterocycles. The van der Waals surface area contributed by atoms with Gasteiger partial charge in [-0.2, -0.15) is 0 Å². The van der Waals surface area contributed by atoms with Crippen molar-refractivity contribution in [2.24, 2.45) is 0 Å². The molecule has 1 fully saturated rings. The van der Waals surface area contributed by atoms with Gasteiger partial charge in [0.05, 0.1) is 19.8 Å². The van der Waals surface area contributed by atoms with Crippen LogP contribution < -0.4 is 15.4 Å². The predicted molar refractivity (Wildman–Crippen MR) is 147 cm³/mol. The molecule has 38 heavy (non-hydrogen) atoms. The van der Waals surface area contributed by atoms with E-state index < -0.39 is 12.3 Å². The van der Waals surface area contributed by atoms with E-state index in [2.05, 4.69) is 15.5 Å². The quantitative estimate of drug-likeness (QED) is 0.624.